The van der Waals surface area contributed by atoms with Crippen LogP contribution in [0.4, 0.5) is 0 Å². The van der Waals surface area contributed by atoms with Crippen molar-refractivity contribution in [3.63, 3.8) is 0 Å². The molecule has 0 bridgehead atoms. The predicted octanol–water partition coefficient (Wildman–Crippen LogP) is 2.02. The summed E-state index contributed by atoms with van der Waals surface area (Å²) < 4.78 is 5.37. The molecule has 112 valence electrons. The molecule has 0 saturated heterocycles. The Morgan fingerprint density at radius 3 is 2.71 bits per heavy atom. The lowest BCUT2D eigenvalue weighted by Crippen LogP contribution is -2.27. The lowest BCUT2D eigenvalue weighted by atomic mass is 10.1. The summed E-state index contributed by atoms with van der Waals surface area (Å²) in [6.45, 7) is 5.11. The molecule has 1 amide bonds. The van der Waals surface area contributed by atoms with Crippen LogP contribution in [-0.4, -0.2) is 29.0 Å². The van der Waals surface area contributed by atoms with E-state index in [-0.39, 0.29) is 5.91 Å². The van der Waals surface area contributed by atoms with E-state index in [0.717, 1.165) is 29.3 Å². The van der Waals surface area contributed by atoms with E-state index in [1.807, 2.05) is 38.1 Å². The molecule has 0 radical (unpaired) electrons. The van der Waals surface area contributed by atoms with E-state index in [2.05, 4.69) is 15.3 Å². The molecule has 2 N–H and O–H groups in total. The number of carbonyl (C=O) groups is 1. The zero-order valence-electron chi connectivity index (χ0n) is 12.5. The number of amides is 1. The van der Waals surface area contributed by atoms with Crippen molar-refractivity contribution in [3.8, 4) is 5.75 Å². The smallest absolute Gasteiger partial charge is 0.224 e. The summed E-state index contributed by atoms with van der Waals surface area (Å²) in [5.41, 5.74) is 2.02. The van der Waals surface area contributed by atoms with Gasteiger partial charge in [-0.25, -0.2) is 4.98 Å². The lowest BCUT2D eigenvalue weighted by molar-refractivity contribution is -0.120. The zero-order chi connectivity index (χ0) is 15.1. The average molecular weight is 287 g/mol. The SMILES string of the molecule is CCOc1ccc(CC(=O)NCCc2cnc(C)[nH]2)cc1. The van der Waals surface area contributed by atoms with Crippen molar-refractivity contribution < 1.29 is 9.53 Å². The molecule has 2 aromatic rings. The van der Waals surface area contributed by atoms with E-state index in [9.17, 15) is 4.79 Å². The Morgan fingerprint density at radius 1 is 1.33 bits per heavy atom. The second kappa shape index (κ2) is 7.47. The highest BCUT2D eigenvalue weighted by Gasteiger charge is 2.04. The summed E-state index contributed by atoms with van der Waals surface area (Å²) in [6, 6.07) is 7.62. The molecule has 1 aromatic carbocycles. The van der Waals surface area contributed by atoms with E-state index < -0.39 is 0 Å². The van der Waals surface area contributed by atoms with Gasteiger partial charge in [0.1, 0.15) is 11.6 Å². The summed E-state index contributed by atoms with van der Waals surface area (Å²) in [4.78, 5) is 19.1. The van der Waals surface area contributed by atoms with Crippen LogP contribution in [0, 0.1) is 6.92 Å². The van der Waals surface area contributed by atoms with Crippen molar-refractivity contribution in [1.82, 2.24) is 15.3 Å². The molecule has 0 unspecified atom stereocenters. The first-order chi connectivity index (χ1) is 10.2. The number of ether oxygens (including phenoxy) is 1. The third-order valence-electron chi connectivity index (χ3n) is 3.07. The van der Waals surface area contributed by atoms with E-state index in [1.165, 1.54) is 0 Å². The molecular weight excluding hydrogens is 266 g/mol. The number of nitrogens with zero attached hydrogens (tertiary/aromatic N) is 1. The van der Waals surface area contributed by atoms with Crippen LogP contribution in [0.25, 0.3) is 0 Å². The Balaban J connectivity index is 1.73. The maximum Gasteiger partial charge on any atom is 0.224 e. The van der Waals surface area contributed by atoms with Gasteiger partial charge < -0.3 is 15.0 Å². The lowest BCUT2D eigenvalue weighted by Gasteiger charge is -2.06. The van der Waals surface area contributed by atoms with Gasteiger partial charge in [-0.2, -0.15) is 0 Å². The van der Waals surface area contributed by atoms with Gasteiger partial charge in [0.05, 0.1) is 13.0 Å². The number of benzene rings is 1. The molecular formula is C16H21N3O2. The van der Waals surface area contributed by atoms with Crippen molar-refractivity contribution in [3.05, 3.63) is 47.5 Å². The highest BCUT2D eigenvalue weighted by molar-refractivity contribution is 5.78. The van der Waals surface area contributed by atoms with Crippen molar-refractivity contribution in [2.75, 3.05) is 13.2 Å². The second-order valence-corrected chi connectivity index (χ2v) is 4.85. The molecule has 0 fully saturated rings. The third-order valence-corrected chi connectivity index (χ3v) is 3.07. The van der Waals surface area contributed by atoms with Crippen LogP contribution < -0.4 is 10.1 Å². The molecule has 0 aliphatic rings. The standard InChI is InChI=1S/C16H21N3O2/c1-3-21-15-6-4-13(5-7-15)10-16(20)17-9-8-14-11-18-12(2)19-14/h4-7,11H,3,8-10H2,1-2H3,(H,17,20)(H,18,19). The first-order valence-electron chi connectivity index (χ1n) is 7.16. The maximum atomic E-state index is 11.9. The van der Waals surface area contributed by atoms with Gasteiger partial charge in [0, 0.05) is 24.9 Å². The minimum atomic E-state index is 0.0235. The quantitative estimate of drug-likeness (QED) is 0.818. The van der Waals surface area contributed by atoms with Crippen molar-refractivity contribution >= 4 is 5.91 Å². The number of nitrogens with one attached hydrogen (secondary N) is 2. The average Bonchev–Trinajstić information content (AvgIpc) is 2.87. The normalized spacial score (nSPS) is 10.4. The number of aryl methyl sites for hydroxylation is 1. The van der Waals surface area contributed by atoms with Crippen molar-refractivity contribution in [1.29, 1.82) is 0 Å². The molecule has 0 aliphatic carbocycles. The van der Waals surface area contributed by atoms with Crippen LogP contribution >= 0.6 is 0 Å². The molecule has 5 heteroatoms. The van der Waals surface area contributed by atoms with Gasteiger partial charge in [-0.05, 0) is 31.5 Å². The number of aromatic amines is 1. The molecule has 1 heterocycles. The monoisotopic (exact) mass is 287 g/mol. The van der Waals surface area contributed by atoms with Crippen LogP contribution in [0.1, 0.15) is 24.0 Å². The van der Waals surface area contributed by atoms with Gasteiger partial charge in [0.25, 0.3) is 0 Å². The van der Waals surface area contributed by atoms with Crippen LogP contribution in [0.2, 0.25) is 0 Å². The molecule has 2 rings (SSSR count). The molecule has 21 heavy (non-hydrogen) atoms. The van der Waals surface area contributed by atoms with Gasteiger partial charge in [0.2, 0.25) is 5.91 Å². The Bertz CT molecular complexity index is 575. The molecule has 1 aromatic heterocycles. The van der Waals surface area contributed by atoms with Crippen LogP contribution in [-0.2, 0) is 17.6 Å². The van der Waals surface area contributed by atoms with E-state index in [0.29, 0.717) is 19.6 Å². The van der Waals surface area contributed by atoms with Gasteiger partial charge in [-0.1, -0.05) is 12.1 Å². The number of imidazole rings is 1. The summed E-state index contributed by atoms with van der Waals surface area (Å²) in [5.74, 6) is 1.75. The van der Waals surface area contributed by atoms with Crippen molar-refractivity contribution in [2.45, 2.75) is 26.7 Å². The van der Waals surface area contributed by atoms with E-state index in [4.69, 9.17) is 4.74 Å². The summed E-state index contributed by atoms with van der Waals surface area (Å²) in [7, 11) is 0. The number of hydrogen-bond donors (Lipinski definition) is 2. The number of H-pyrrole nitrogens is 1. The van der Waals surface area contributed by atoms with Crippen molar-refractivity contribution in [2.24, 2.45) is 0 Å². The topological polar surface area (TPSA) is 67.0 Å². The largest absolute Gasteiger partial charge is 0.494 e. The molecule has 0 saturated carbocycles. The Labute approximate surface area is 124 Å². The molecule has 0 spiro atoms. The van der Waals surface area contributed by atoms with Gasteiger partial charge in [-0.3, -0.25) is 4.79 Å². The fourth-order valence-electron chi connectivity index (χ4n) is 2.05. The third kappa shape index (κ3) is 4.95. The molecule has 5 nitrogen and oxygen atoms in total. The van der Waals surface area contributed by atoms with Gasteiger partial charge >= 0.3 is 0 Å². The summed E-state index contributed by atoms with van der Waals surface area (Å²) in [6.07, 6.45) is 2.94. The number of rotatable bonds is 7. The summed E-state index contributed by atoms with van der Waals surface area (Å²) in [5, 5.41) is 2.91. The molecule has 0 atom stereocenters. The first-order valence-corrected chi connectivity index (χ1v) is 7.16. The maximum absolute atomic E-state index is 11.9. The van der Waals surface area contributed by atoms with E-state index >= 15 is 0 Å². The first kappa shape index (κ1) is 15.1. The minimum absolute atomic E-state index is 0.0235. The second-order valence-electron chi connectivity index (χ2n) is 4.85. The predicted molar refractivity (Wildman–Crippen MR) is 81.4 cm³/mol. The number of aromatic nitrogens is 2. The van der Waals surface area contributed by atoms with E-state index in [1.54, 1.807) is 6.20 Å². The Kier molecular flexibility index (Phi) is 5.37. The number of carbonyl (C=O) groups excluding carboxylic acids is 1. The Morgan fingerprint density at radius 2 is 2.10 bits per heavy atom. The minimum Gasteiger partial charge on any atom is -0.494 e. The van der Waals surface area contributed by atoms with Gasteiger partial charge in [0.15, 0.2) is 0 Å². The fraction of sp³-hybridized carbons (Fsp3) is 0.375. The number of hydrogen-bond acceptors (Lipinski definition) is 3. The Hall–Kier alpha value is -2.30. The zero-order valence-corrected chi connectivity index (χ0v) is 12.5. The van der Waals surface area contributed by atoms with Crippen LogP contribution in [0.3, 0.4) is 0 Å². The highest BCUT2D eigenvalue weighted by atomic mass is 16.5. The molecule has 0 aliphatic heterocycles. The van der Waals surface area contributed by atoms with Crippen LogP contribution in [0.15, 0.2) is 30.5 Å². The fourth-order valence-corrected chi connectivity index (χ4v) is 2.05. The summed E-state index contributed by atoms with van der Waals surface area (Å²) >= 11 is 0. The highest BCUT2D eigenvalue weighted by Crippen LogP contribution is 2.12. The van der Waals surface area contributed by atoms with Crippen LogP contribution in [0.5, 0.6) is 5.75 Å². The van der Waals surface area contributed by atoms with Gasteiger partial charge in [-0.15, -0.1) is 0 Å².